The van der Waals surface area contributed by atoms with E-state index in [1.165, 1.54) is 0 Å². The lowest BCUT2D eigenvalue weighted by Gasteiger charge is -2.07. The highest BCUT2D eigenvalue weighted by molar-refractivity contribution is 5.96. The van der Waals surface area contributed by atoms with Crippen LogP contribution in [0.4, 0.5) is 8.78 Å². The Morgan fingerprint density at radius 2 is 1.87 bits per heavy atom. The molecule has 0 aliphatic carbocycles. The first-order valence-corrected chi connectivity index (χ1v) is 4.72. The van der Waals surface area contributed by atoms with Crippen LogP contribution >= 0.6 is 0 Å². The van der Waals surface area contributed by atoms with Gasteiger partial charge in [-0.25, -0.2) is 8.78 Å². The third-order valence-electron chi connectivity index (χ3n) is 2.12. The van der Waals surface area contributed by atoms with Gasteiger partial charge in [0.15, 0.2) is 5.78 Å². The molecule has 0 radical (unpaired) electrons. The Bertz CT molecular complexity index is 345. The molecule has 1 aromatic carbocycles. The van der Waals surface area contributed by atoms with E-state index in [0.717, 1.165) is 18.2 Å². The molecule has 0 spiro atoms. The number of hydrogen-bond donors (Lipinski definition) is 1. The van der Waals surface area contributed by atoms with Crippen molar-refractivity contribution >= 4 is 5.78 Å². The Morgan fingerprint density at radius 3 is 2.33 bits per heavy atom. The first kappa shape index (κ1) is 11.8. The fourth-order valence-corrected chi connectivity index (χ4v) is 1.23. The molecule has 0 saturated heterocycles. The van der Waals surface area contributed by atoms with Gasteiger partial charge in [-0.05, 0) is 24.6 Å². The summed E-state index contributed by atoms with van der Waals surface area (Å²) in [5.41, 5.74) is 5.42. The van der Waals surface area contributed by atoms with Crippen LogP contribution in [0.1, 0.15) is 23.7 Å². The smallest absolute Gasteiger partial charge is 0.163 e. The number of hydrogen-bond acceptors (Lipinski definition) is 2. The first-order chi connectivity index (χ1) is 7.02. The van der Waals surface area contributed by atoms with Gasteiger partial charge >= 0.3 is 0 Å². The molecule has 1 unspecified atom stereocenters. The lowest BCUT2D eigenvalue weighted by Crippen LogP contribution is -2.15. The predicted molar refractivity (Wildman–Crippen MR) is 53.5 cm³/mol. The van der Waals surface area contributed by atoms with E-state index in [1.807, 2.05) is 6.92 Å². The number of carbonyl (C=O) groups excluding carboxylic acids is 1. The van der Waals surface area contributed by atoms with Crippen molar-refractivity contribution in [3.63, 3.8) is 0 Å². The van der Waals surface area contributed by atoms with E-state index in [4.69, 9.17) is 5.73 Å². The van der Waals surface area contributed by atoms with E-state index in [1.54, 1.807) is 0 Å². The maximum atomic E-state index is 12.8. The van der Waals surface area contributed by atoms with E-state index in [-0.39, 0.29) is 23.7 Å². The summed E-state index contributed by atoms with van der Waals surface area (Å²) >= 11 is 0. The zero-order chi connectivity index (χ0) is 11.4. The van der Waals surface area contributed by atoms with Gasteiger partial charge in [0, 0.05) is 18.1 Å². The van der Waals surface area contributed by atoms with E-state index in [9.17, 15) is 13.6 Å². The summed E-state index contributed by atoms with van der Waals surface area (Å²) in [5.74, 6) is -1.74. The minimum absolute atomic E-state index is 0.0174. The molecule has 15 heavy (non-hydrogen) atoms. The maximum absolute atomic E-state index is 12.8. The quantitative estimate of drug-likeness (QED) is 0.778. The Balaban J connectivity index is 2.82. The average molecular weight is 213 g/mol. The number of ketones is 1. The first-order valence-electron chi connectivity index (χ1n) is 4.72. The van der Waals surface area contributed by atoms with Crippen LogP contribution in [0.25, 0.3) is 0 Å². The molecule has 1 aromatic rings. The predicted octanol–water partition coefficient (Wildman–Crippen LogP) is 2.13. The lowest BCUT2D eigenvalue weighted by molar-refractivity contribution is 0.0965. The highest BCUT2D eigenvalue weighted by Gasteiger charge is 2.12. The van der Waals surface area contributed by atoms with Gasteiger partial charge in [0.05, 0.1) is 0 Å². The van der Waals surface area contributed by atoms with Crippen LogP contribution < -0.4 is 5.73 Å². The number of halogens is 2. The molecule has 2 nitrogen and oxygen atoms in total. The third-order valence-corrected chi connectivity index (χ3v) is 2.12. The molecule has 0 aliphatic heterocycles. The molecule has 0 heterocycles. The number of Topliss-reactive ketones (excluding diaryl/α,β-unsaturated/α-hetero) is 1. The summed E-state index contributed by atoms with van der Waals surface area (Å²) in [5, 5.41) is 0. The molecule has 0 fully saturated rings. The van der Waals surface area contributed by atoms with Crippen LogP contribution in [0.2, 0.25) is 0 Å². The van der Waals surface area contributed by atoms with Gasteiger partial charge < -0.3 is 5.73 Å². The molecule has 1 rings (SSSR count). The summed E-state index contributed by atoms with van der Waals surface area (Å²) in [7, 11) is 0. The van der Waals surface area contributed by atoms with Gasteiger partial charge in [0.1, 0.15) is 11.6 Å². The minimum Gasteiger partial charge on any atom is -0.330 e. The number of carbonyl (C=O) groups is 1. The zero-order valence-corrected chi connectivity index (χ0v) is 8.47. The molecule has 0 bridgehead atoms. The lowest BCUT2D eigenvalue weighted by atomic mass is 10.00. The number of nitrogens with two attached hydrogens (primary N) is 1. The summed E-state index contributed by atoms with van der Waals surface area (Å²) in [6.45, 7) is 2.19. The normalized spacial score (nSPS) is 12.5. The van der Waals surface area contributed by atoms with Crippen LogP contribution in [0.3, 0.4) is 0 Å². The Kier molecular flexibility index (Phi) is 3.91. The van der Waals surface area contributed by atoms with Crippen LogP contribution in [0, 0.1) is 17.6 Å². The molecule has 0 amide bonds. The topological polar surface area (TPSA) is 43.1 Å². The molecule has 0 aromatic heterocycles. The van der Waals surface area contributed by atoms with Gasteiger partial charge in [0.25, 0.3) is 0 Å². The zero-order valence-electron chi connectivity index (χ0n) is 8.47. The van der Waals surface area contributed by atoms with Crippen molar-refractivity contribution in [2.24, 2.45) is 11.7 Å². The fraction of sp³-hybridized carbons (Fsp3) is 0.364. The molecule has 2 N–H and O–H groups in total. The van der Waals surface area contributed by atoms with Gasteiger partial charge in [-0.15, -0.1) is 0 Å². The van der Waals surface area contributed by atoms with Crippen LogP contribution in [-0.4, -0.2) is 12.3 Å². The van der Waals surface area contributed by atoms with E-state index in [2.05, 4.69) is 0 Å². The van der Waals surface area contributed by atoms with E-state index in [0.29, 0.717) is 6.54 Å². The molecule has 82 valence electrons. The monoisotopic (exact) mass is 213 g/mol. The van der Waals surface area contributed by atoms with Crippen molar-refractivity contribution in [3.05, 3.63) is 35.4 Å². The van der Waals surface area contributed by atoms with Crippen molar-refractivity contribution in [2.75, 3.05) is 6.54 Å². The second kappa shape index (κ2) is 4.98. The molecule has 1 atom stereocenters. The van der Waals surface area contributed by atoms with Crippen molar-refractivity contribution in [3.8, 4) is 0 Å². The summed E-state index contributed by atoms with van der Waals surface area (Å²) < 4.78 is 25.6. The van der Waals surface area contributed by atoms with Crippen LogP contribution in [0.15, 0.2) is 18.2 Å². The van der Waals surface area contributed by atoms with Crippen molar-refractivity contribution in [1.29, 1.82) is 0 Å². The molecule has 0 aliphatic rings. The molecular weight excluding hydrogens is 200 g/mol. The summed E-state index contributed by atoms with van der Waals surface area (Å²) in [6, 6.07) is 2.81. The second-order valence-electron chi connectivity index (χ2n) is 3.63. The van der Waals surface area contributed by atoms with Gasteiger partial charge in [-0.3, -0.25) is 4.79 Å². The number of benzene rings is 1. The fourth-order valence-electron chi connectivity index (χ4n) is 1.23. The summed E-state index contributed by atoms with van der Waals surface area (Å²) in [6.07, 6.45) is 0.208. The SMILES string of the molecule is CC(CN)CC(=O)c1cc(F)cc(F)c1. The Labute approximate surface area is 87.1 Å². The van der Waals surface area contributed by atoms with Crippen molar-refractivity contribution in [1.82, 2.24) is 0 Å². The minimum atomic E-state index is -0.737. The highest BCUT2D eigenvalue weighted by atomic mass is 19.1. The standard InChI is InChI=1S/C11H13F2NO/c1-7(6-14)2-11(15)8-3-9(12)5-10(13)4-8/h3-5,7H,2,6,14H2,1H3. The Hall–Kier alpha value is -1.29. The average Bonchev–Trinajstić information content (AvgIpc) is 2.16. The van der Waals surface area contributed by atoms with Crippen LogP contribution in [0.5, 0.6) is 0 Å². The highest BCUT2D eigenvalue weighted by Crippen LogP contribution is 2.12. The maximum Gasteiger partial charge on any atom is 0.163 e. The molecular formula is C11H13F2NO. The Morgan fingerprint density at radius 1 is 1.33 bits per heavy atom. The second-order valence-corrected chi connectivity index (χ2v) is 3.63. The van der Waals surface area contributed by atoms with Gasteiger partial charge in [0.2, 0.25) is 0 Å². The molecule has 0 saturated carbocycles. The van der Waals surface area contributed by atoms with E-state index < -0.39 is 11.6 Å². The largest absolute Gasteiger partial charge is 0.330 e. The molecule has 4 heteroatoms. The van der Waals surface area contributed by atoms with Gasteiger partial charge in [-0.2, -0.15) is 0 Å². The number of rotatable bonds is 4. The summed E-state index contributed by atoms with van der Waals surface area (Å²) in [4.78, 5) is 11.5. The third kappa shape index (κ3) is 3.40. The van der Waals surface area contributed by atoms with Gasteiger partial charge in [-0.1, -0.05) is 6.92 Å². The van der Waals surface area contributed by atoms with E-state index >= 15 is 0 Å². The van der Waals surface area contributed by atoms with Crippen LogP contribution in [-0.2, 0) is 0 Å². The van der Waals surface area contributed by atoms with Crippen molar-refractivity contribution < 1.29 is 13.6 Å². The van der Waals surface area contributed by atoms with Crippen molar-refractivity contribution in [2.45, 2.75) is 13.3 Å².